The second-order valence-electron chi connectivity index (χ2n) is 7.49. The maximum absolute atomic E-state index is 12.4. The van der Waals surface area contributed by atoms with Crippen molar-refractivity contribution < 1.29 is 33.2 Å². The molecule has 0 radical (unpaired) electrons. The number of nitrogens with one attached hydrogen (secondary N) is 1. The average molecular weight is 491 g/mol. The molecule has 0 aliphatic carbocycles. The van der Waals surface area contributed by atoms with E-state index in [9.17, 15) is 4.79 Å². The van der Waals surface area contributed by atoms with Gasteiger partial charge in [-0.25, -0.2) is 0 Å². The van der Waals surface area contributed by atoms with Gasteiger partial charge in [0, 0.05) is 23.3 Å². The van der Waals surface area contributed by atoms with E-state index in [4.69, 9.17) is 28.4 Å². The van der Waals surface area contributed by atoms with E-state index in [-0.39, 0.29) is 12.5 Å². The maximum atomic E-state index is 12.4. The van der Waals surface area contributed by atoms with Crippen LogP contribution in [0.4, 0.5) is 5.69 Å². The van der Waals surface area contributed by atoms with E-state index in [1.165, 1.54) is 14.2 Å². The van der Waals surface area contributed by atoms with Crippen molar-refractivity contribution in [3.8, 4) is 40.2 Å². The zero-order chi connectivity index (χ0) is 25.5. The number of hydrogen-bond donors (Lipinski definition) is 1. The number of hydrogen-bond acceptors (Lipinski definition) is 8. The summed E-state index contributed by atoms with van der Waals surface area (Å²) in [5.74, 6) is 3.34. The Morgan fingerprint density at radius 1 is 0.778 bits per heavy atom. The standard InChI is InChI=1S/C27H26N2O7/c1-31-22-6-5-7-23(32-2)27(22)35-16-26(30)29-17-8-10-18(11-9-17)36-21-12-13-28-20-15-25(34-4)24(33-3)14-19(20)21/h5-15H,16H2,1-4H3,(H,29,30). The van der Waals surface area contributed by atoms with E-state index >= 15 is 0 Å². The van der Waals surface area contributed by atoms with Crippen molar-refractivity contribution in [1.82, 2.24) is 4.98 Å². The van der Waals surface area contributed by atoms with Crippen LogP contribution >= 0.6 is 0 Å². The minimum absolute atomic E-state index is 0.219. The Labute approximate surface area is 208 Å². The molecule has 1 aromatic heterocycles. The van der Waals surface area contributed by atoms with Crippen LogP contribution in [0.15, 0.2) is 66.9 Å². The van der Waals surface area contributed by atoms with Gasteiger partial charge in [0.15, 0.2) is 29.6 Å². The molecule has 0 atom stereocenters. The monoisotopic (exact) mass is 490 g/mol. The van der Waals surface area contributed by atoms with Crippen LogP contribution in [-0.4, -0.2) is 45.9 Å². The number of amides is 1. The number of anilines is 1. The number of methoxy groups -OCH3 is 4. The van der Waals surface area contributed by atoms with Gasteiger partial charge in [0.2, 0.25) is 5.75 Å². The SMILES string of the molecule is COc1cc2nccc(Oc3ccc(NC(=O)COc4c(OC)cccc4OC)cc3)c2cc1OC. The van der Waals surface area contributed by atoms with Gasteiger partial charge in [-0.3, -0.25) is 9.78 Å². The normalized spacial score (nSPS) is 10.4. The average Bonchev–Trinajstić information content (AvgIpc) is 2.92. The number of carbonyl (C=O) groups is 1. The molecular weight excluding hydrogens is 464 g/mol. The summed E-state index contributed by atoms with van der Waals surface area (Å²) in [6, 6.07) is 17.6. The van der Waals surface area contributed by atoms with Crippen molar-refractivity contribution in [3.63, 3.8) is 0 Å². The molecular formula is C27H26N2O7. The first kappa shape index (κ1) is 24.5. The van der Waals surface area contributed by atoms with Gasteiger partial charge in [0.05, 0.1) is 34.0 Å². The Bertz CT molecular complexity index is 1330. The van der Waals surface area contributed by atoms with E-state index < -0.39 is 0 Å². The van der Waals surface area contributed by atoms with Gasteiger partial charge in [-0.05, 0) is 48.5 Å². The molecule has 186 valence electrons. The summed E-state index contributed by atoms with van der Waals surface area (Å²) in [4.78, 5) is 16.8. The highest BCUT2D eigenvalue weighted by atomic mass is 16.5. The molecule has 1 N–H and O–H groups in total. The van der Waals surface area contributed by atoms with Crippen molar-refractivity contribution in [2.45, 2.75) is 0 Å². The van der Waals surface area contributed by atoms with E-state index in [1.807, 2.05) is 6.07 Å². The van der Waals surface area contributed by atoms with Crippen LogP contribution < -0.4 is 33.7 Å². The summed E-state index contributed by atoms with van der Waals surface area (Å²) in [5, 5.41) is 3.57. The zero-order valence-electron chi connectivity index (χ0n) is 20.4. The van der Waals surface area contributed by atoms with Gasteiger partial charge in [0.25, 0.3) is 5.91 Å². The smallest absolute Gasteiger partial charge is 0.262 e. The molecule has 1 heterocycles. The topological polar surface area (TPSA) is 97.4 Å². The van der Waals surface area contributed by atoms with Gasteiger partial charge >= 0.3 is 0 Å². The number of aromatic nitrogens is 1. The Hall–Kier alpha value is -4.66. The molecule has 0 aliphatic rings. The van der Waals surface area contributed by atoms with Crippen LogP contribution in [0, 0.1) is 0 Å². The molecule has 4 aromatic rings. The van der Waals surface area contributed by atoms with Crippen LogP contribution in [0.5, 0.6) is 40.2 Å². The number of fused-ring (bicyclic) bond motifs is 1. The summed E-state index contributed by atoms with van der Waals surface area (Å²) in [6.07, 6.45) is 1.66. The first-order valence-corrected chi connectivity index (χ1v) is 11.0. The molecule has 0 fully saturated rings. The Morgan fingerprint density at radius 3 is 2.06 bits per heavy atom. The molecule has 4 rings (SSSR count). The summed E-state index contributed by atoms with van der Waals surface area (Å²) in [6.45, 7) is -0.219. The Kier molecular flexibility index (Phi) is 7.60. The van der Waals surface area contributed by atoms with E-state index in [1.54, 1.807) is 75.0 Å². The molecule has 0 spiro atoms. The summed E-state index contributed by atoms with van der Waals surface area (Å²) < 4.78 is 33.1. The minimum Gasteiger partial charge on any atom is -0.493 e. The van der Waals surface area contributed by atoms with Crippen molar-refractivity contribution in [2.75, 3.05) is 40.4 Å². The number of rotatable bonds is 10. The molecule has 0 unspecified atom stereocenters. The van der Waals surface area contributed by atoms with Gasteiger partial charge in [-0.15, -0.1) is 0 Å². The summed E-state index contributed by atoms with van der Waals surface area (Å²) in [7, 11) is 6.19. The second kappa shape index (κ2) is 11.2. The van der Waals surface area contributed by atoms with E-state index in [2.05, 4.69) is 10.3 Å². The van der Waals surface area contributed by atoms with Crippen LogP contribution in [0.2, 0.25) is 0 Å². The number of pyridine rings is 1. The number of nitrogens with zero attached hydrogens (tertiary/aromatic N) is 1. The van der Waals surface area contributed by atoms with Crippen molar-refractivity contribution in [2.24, 2.45) is 0 Å². The fraction of sp³-hybridized carbons (Fsp3) is 0.185. The molecule has 0 aliphatic heterocycles. The molecule has 9 nitrogen and oxygen atoms in total. The number of carbonyl (C=O) groups excluding carboxylic acids is 1. The highest BCUT2D eigenvalue weighted by Crippen LogP contribution is 2.38. The molecule has 0 saturated carbocycles. The van der Waals surface area contributed by atoms with E-state index in [0.29, 0.717) is 51.5 Å². The van der Waals surface area contributed by atoms with Crippen LogP contribution in [0.3, 0.4) is 0 Å². The lowest BCUT2D eigenvalue weighted by Gasteiger charge is -2.14. The van der Waals surface area contributed by atoms with Gasteiger partial charge in [0.1, 0.15) is 11.5 Å². The first-order valence-electron chi connectivity index (χ1n) is 11.0. The fourth-order valence-electron chi connectivity index (χ4n) is 3.56. The molecule has 36 heavy (non-hydrogen) atoms. The molecule has 9 heteroatoms. The summed E-state index contributed by atoms with van der Waals surface area (Å²) in [5.41, 5.74) is 1.30. The van der Waals surface area contributed by atoms with Gasteiger partial charge in [-0.1, -0.05) is 6.07 Å². The van der Waals surface area contributed by atoms with Crippen molar-refractivity contribution >= 4 is 22.5 Å². The van der Waals surface area contributed by atoms with Crippen LogP contribution in [0.1, 0.15) is 0 Å². The highest BCUT2D eigenvalue weighted by molar-refractivity contribution is 5.92. The molecule has 1 amide bonds. The molecule has 0 saturated heterocycles. The maximum Gasteiger partial charge on any atom is 0.262 e. The van der Waals surface area contributed by atoms with Crippen molar-refractivity contribution in [1.29, 1.82) is 0 Å². The Morgan fingerprint density at radius 2 is 1.42 bits per heavy atom. The van der Waals surface area contributed by atoms with Gasteiger partial charge in [-0.2, -0.15) is 0 Å². The predicted molar refractivity (Wildman–Crippen MR) is 135 cm³/mol. The lowest BCUT2D eigenvalue weighted by atomic mass is 10.2. The highest BCUT2D eigenvalue weighted by Gasteiger charge is 2.14. The third-order valence-corrected chi connectivity index (χ3v) is 5.30. The fourth-order valence-corrected chi connectivity index (χ4v) is 3.56. The van der Waals surface area contributed by atoms with Crippen LogP contribution in [0.25, 0.3) is 10.9 Å². The second-order valence-corrected chi connectivity index (χ2v) is 7.49. The zero-order valence-corrected chi connectivity index (χ0v) is 20.4. The van der Waals surface area contributed by atoms with E-state index in [0.717, 1.165) is 5.39 Å². The minimum atomic E-state index is -0.335. The van der Waals surface area contributed by atoms with Crippen molar-refractivity contribution in [3.05, 3.63) is 66.9 Å². The molecule has 0 bridgehead atoms. The number of ether oxygens (including phenoxy) is 6. The first-order chi connectivity index (χ1) is 17.6. The quantitative estimate of drug-likeness (QED) is 0.329. The third-order valence-electron chi connectivity index (χ3n) is 5.30. The lowest BCUT2D eigenvalue weighted by Crippen LogP contribution is -2.20. The van der Waals surface area contributed by atoms with Crippen LogP contribution in [-0.2, 0) is 4.79 Å². The number of benzene rings is 3. The predicted octanol–water partition coefficient (Wildman–Crippen LogP) is 5.08. The number of para-hydroxylation sites is 1. The lowest BCUT2D eigenvalue weighted by molar-refractivity contribution is -0.118. The van der Waals surface area contributed by atoms with Gasteiger partial charge < -0.3 is 33.7 Å². The Balaban J connectivity index is 1.42. The largest absolute Gasteiger partial charge is 0.493 e. The third kappa shape index (κ3) is 5.35. The molecule has 3 aromatic carbocycles. The summed E-state index contributed by atoms with van der Waals surface area (Å²) >= 11 is 0.